The number of oxazole rings is 1. The summed E-state index contributed by atoms with van der Waals surface area (Å²) in [5, 5.41) is 0. The van der Waals surface area contributed by atoms with Crippen LogP contribution >= 0.6 is 0 Å². The Hall–Kier alpha value is -3.07. The van der Waals surface area contributed by atoms with E-state index in [4.69, 9.17) is 10.2 Å². The van der Waals surface area contributed by atoms with Gasteiger partial charge in [-0.15, -0.1) is 0 Å². The van der Waals surface area contributed by atoms with Crippen molar-refractivity contribution in [1.29, 1.82) is 0 Å². The van der Waals surface area contributed by atoms with Crippen molar-refractivity contribution >= 4 is 16.8 Å². The fraction of sp³-hybridized carbons (Fsp3) is 0.0500. The minimum atomic E-state index is 0.594. The van der Waals surface area contributed by atoms with Crippen molar-refractivity contribution in [3.63, 3.8) is 0 Å². The number of anilines is 1. The third kappa shape index (κ3) is 2.46. The number of rotatable bonds is 2. The fourth-order valence-electron chi connectivity index (χ4n) is 2.63. The molecule has 0 amide bonds. The first-order valence-electron chi connectivity index (χ1n) is 7.53. The van der Waals surface area contributed by atoms with Gasteiger partial charge in [0.25, 0.3) is 0 Å². The molecule has 0 bridgehead atoms. The van der Waals surface area contributed by atoms with Crippen LogP contribution in [0.4, 0.5) is 5.69 Å². The highest BCUT2D eigenvalue weighted by Gasteiger charge is 2.10. The summed E-state index contributed by atoms with van der Waals surface area (Å²) in [6, 6.07) is 22.2. The monoisotopic (exact) mass is 300 g/mol. The van der Waals surface area contributed by atoms with Gasteiger partial charge >= 0.3 is 0 Å². The summed E-state index contributed by atoms with van der Waals surface area (Å²) in [5.74, 6) is 0.594. The van der Waals surface area contributed by atoms with E-state index in [1.165, 1.54) is 5.56 Å². The molecule has 4 rings (SSSR count). The molecule has 3 nitrogen and oxygen atoms in total. The lowest BCUT2D eigenvalue weighted by Crippen LogP contribution is -1.89. The number of hydrogen-bond acceptors (Lipinski definition) is 3. The molecule has 112 valence electrons. The highest BCUT2D eigenvalue weighted by atomic mass is 16.3. The Morgan fingerprint density at radius 3 is 2.39 bits per heavy atom. The molecule has 3 aromatic carbocycles. The molecule has 2 N–H and O–H groups in total. The number of nitrogens with zero attached hydrogens (tertiary/aromatic N) is 1. The molecule has 0 aliphatic carbocycles. The van der Waals surface area contributed by atoms with Crippen molar-refractivity contribution in [3.05, 3.63) is 72.3 Å². The molecule has 0 radical (unpaired) electrons. The molecule has 3 heteroatoms. The van der Waals surface area contributed by atoms with Gasteiger partial charge in [-0.25, -0.2) is 4.98 Å². The molecule has 1 heterocycles. The van der Waals surface area contributed by atoms with Crippen LogP contribution in [-0.2, 0) is 0 Å². The fourth-order valence-corrected chi connectivity index (χ4v) is 2.63. The molecule has 4 aromatic rings. The molecular weight excluding hydrogens is 284 g/mol. The number of hydrogen-bond donors (Lipinski definition) is 1. The summed E-state index contributed by atoms with van der Waals surface area (Å²) in [6.45, 7) is 1.98. The van der Waals surface area contributed by atoms with Gasteiger partial charge in [-0.1, -0.05) is 42.5 Å². The molecule has 0 fully saturated rings. The molecule has 23 heavy (non-hydrogen) atoms. The Labute approximate surface area is 134 Å². The SMILES string of the molecule is Cc1ccc(-c2nc3cc(-c4ccccc4)ccc3o2)cc1N. The average Bonchev–Trinajstić information content (AvgIpc) is 3.01. The number of benzene rings is 3. The normalized spacial score (nSPS) is 11.0. The molecule has 0 saturated heterocycles. The minimum absolute atomic E-state index is 0.594. The third-order valence-corrected chi connectivity index (χ3v) is 4.02. The van der Waals surface area contributed by atoms with E-state index in [9.17, 15) is 0 Å². The summed E-state index contributed by atoms with van der Waals surface area (Å²) in [5.41, 5.74) is 12.6. The van der Waals surface area contributed by atoms with Gasteiger partial charge in [0.1, 0.15) is 5.52 Å². The molecule has 0 atom stereocenters. The van der Waals surface area contributed by atoms with Crippen molar-refractivity contribution < 1.29 is 4.42 Å². The zero-order chi connectivity index (χ0) is 15.8. The quantitative estimate of drug-likeness (QED) is 0.527. The number of fused-ring (bicyclic) bond motifs is 1. The Kier molecular flexibility index (Phi) is 3.12. The van der Waals surface area contributed by atoms with Gasteiger partial charge in [0, 0.05) is 11.3 Å². The van der Waals surface area contributed by atoms with E-state index in [1.807, 2.05) is 49.4 Å². The Morgan fingerprint density at radius 2 is 1.61 bits per heavy atom. The highest BCUT2D eigenvalue weighted by molar-refractivity contribution is 5.82. The van der Waals surface area contributed by atoms with E-state index in [-0.39, 0.29) is 0 Å². The van der Waals surface area contributed by atoms with Crippen molar-refractivity contribution in [3.8, 4) is 22.6 Å². The van der Waals surface area contributed by atoms with Crippen LogP contribution in [-0.4, -0.2) is 4.98 Å². The van der Waals surface area contributed by atoms with Crippen LogP contribution in [0.25, 0.3) is 33.7 Å². The maximum Gasteiger partial charge on any atom is 0.227 e. The smallest absolute Gasteiger partial charge is 0.227 e. The van der Waals surface area contributed by atoms with Crippen LogP contribution in [0.5, 0.6) is 0 Å². The molecular formula is C20H16N2O. The van der Waals surface area contributed by atoms with Crippen LogP contribution in [0.15, 0.2) is 71.1 Å². The predicted octanol–water partition coefficient (Wildman–Crippen LogP) is 5.05. The maximum atomic E-state index is 5.98. The number of aryl methyl sites for hydroxylation is 1. The topological polar surface area (TPSA) is 52.0 Å². The Morgan fingerprint density at radius 1 is 0.826 bits per heavy atom. The minimum Gasteiger partial charge on any atom is -0.436 e. The van der Waals surface area contributed by atoms with Crippen molar-refractivity contribution in [1.82, 2.24) is 4.98 Å². The number of aromatic nitrogens is 1. The van der Waals surface area contributed by atoms with Gasteiger partial charge in [0.2, 0.25) is 5.89 Å². The average molecular weight is 300 g/mol. The molecule has 1 aromatic heterocycles. The van der Waals surface area contributed by atoms with Crippen molar-refractivity contribution in [2.75, 3.05) is 5.73 Å². The predicted molar refractivity (Wildman–Crippen MR) is 94.0 cm³/mol. The zero-order valence-electron chi connectivity index (χ0n) is 12.8. The molecule has 0 unspecified atom stereocenters. The van der Waals surface area contributed by atoms with E-state index in [2.05, 4.69) is 29.2 Å². The molecule has 0 aliphatic heterocycles. The van der Waals surface area contributed by atoms with E-state index in [0.717, 1.165) is 33.5 Å². The van der Waals surface area contributed by atoms with Gasteiger partial charge in [0.15, 0.2) is 5.58 Å². The van der Waals surface area contributed by atoms with Crippen LogP contribution in [0.3, 0.4) is 0 Å². The van der Waals surface area contributed by atoms with Crippen LogP contribution < -0.4 is 5.73 Å². The molecule has 0 saturated carbocycles. The summed E-state index contributed by atoms with van der Waals surface area (Å²) in [6.07, 6.45) is 0. The summed E-state index contributed by atoms with van der Waals surface area (Å²) in [4.78, 5) is 4.62. The first-order chi connectivity index (χ1) is 11.2. The summed E-state index contributed by atoms with van der Waals surface area (Å²) < 4.78 is 5.87. The third-order valence-electron chi connectivity index (χ3n) is 4.02. The maximum absolute atomic E-state index is 5.98. The first kappa shape index (κ1) is 13.6. The van der Waals surface area contributed by atoms with Gasteiger partial charge in [-0.2, -0.15) is 0 Å². The van der Waals surface area contributed by atoms with Crippen LogP contribution in [0.2, 0.25) is 0 Å². The largest absolute Gasteiger partial charge is 0.436 e. The zero-order valence-corrected chi connectivity index (χ0v) is 12.8. The Balaban J connectivity index is 1.80. The summed E-state index contributed by atoms with van der Waals surface area (Å²) in [7, 11) is 0. The van der Waals surface area contributed by atoms with E-state index in [1.54, 1.807) is 0 Å². The summed E-state index contributed by atoms with van der Waals surface area (Å²) >= 11 is 0. The standard InChI is InChI=1S/C20H16N2O/c1-13-7-8-16(11-17(13)21)20-22-18-12-15(9-10-19(18)23-20)14-5-3-2-4-6-14/h2-12H,21H2,1H3. The van der Waals surface area contributed by atoms with E-state index < -0.39 is 0 Å². The van der Waals surface area contributed by atoms with Gasteiger partial charge < -0.3 is 10.2 Å². The van der Waals surface area contributed by atoms with E-state index in [0.29, 0.717) is 5.89 Å². The van der Waals surface area contributed by atoms with Gasteiger partial charge in [-0.05, 0) is 47.9 Å². The van der Waals surface area contributed by atoms with Crippen LogP contribution in [0.1, 0.15) is 5.56 Å². The van der Waals surface area contributed by atoms with Crippen molar-refractivity contribution in [2.45, 2.75) is 6.92 Å². The van der Waals surface area contributed by atoms with Crippen LogP contribution in [0, 0.1) is 6.92 Å². The first-order valence-corrected chi connectivity index (χ1v) is 7.53. The second-order valence-electron chi connectivity index (χ2n) is 5.64. The lowest BCUT2D eigenvalue weighted by Gasteiger charge is -2.00. The number of nitrogen functional groups attached to an aromatic ring is 1. The van der Waals surface area contributed by atoms with Gasteiger partial charge in [0.05, 0.1) is 0 Å². The lowest BCUT2D eigenvalue weighted by molar-refractivity contribution is 0.620. The lowest BCUT2D eigenvalue weighted by atomic mass is 10.1. The van der Waals surface area contributed by atoms with Gasteiger partial charge in [-0.3, -0.25) is 0 Å². The molecule has 0 spiro atoms. The molecule has 0 aliphatic rings. The van der Waals surface area contributed by atoms with Crippen molar-refractivity contribution in [2.24, 2.45) is 0 Å². The second-order valence-corrected chi connectivity index (χ2v) is 5.64. The second kappa shape index (κ2) is 5.29. The highest BCUT2D eigenvalue weighted by Crippen LogP contribution is 2.29. The number of nitrogens with two attached hydrogens (primary N) is 1. The Bertz CT molecular complexity index is 987. The van der Waals surface area contributed by atoms with E-state index >= 15 is 0 Å².